The van der Waals surface area contributed by atoms with E-state index < -0.39 is 11.5 Å². The molecule has 0 aliphatic heterocycles. The Labute approximate surface area is 126 Å². The number of nitrogens with one attached hydrogen (secondary N) is 1. The summed E-state index contributed by atoms with van der Waals surface area (Å²) in [5.41, 5.74) is -0.774. The predicted molar refractivity (Wildman–Crippen MR) is 79.3 cm³/mol. The molecule has 2 saturated carbocycles. The quantitative estimate of drug-likeness (QED) is 0.717. The molecule has 5 nitrogen and oxygen atoms in total. The molecule has 0 bridgehead atoms. The van der Waals surface area contributed by atoms with E-state index in [0.29, 0.717) is 11.8 Å². The Morgan fingerprint density at radius 2 is 2.25 bits per heavy atom. The minimum Gasteiger partial charge on any atom is -0.480 e. The number of aliphatic carboxylic acids is 1. The van der Waals surface area contributed by atoms with Crippen LogP contribution in [-0.2, 0) is 11.2 Å². The van der Waals surface area contributed by atoms with E-state index in [4.69, 9.17) is 0 Å². The van der Waals surface area contributed by atoms with Crippen molar-refractivity contribution in [1.29, 1.82) is 0 Å². The monoisotopic (exact) mass is 313 g/mol. The van der Waals surface area contributed by atoms with Crippen LogP contribution in [0.25, 0.3) is 0 Å². The van der Waals surface area contributed by atoms with E-state index in [-0.39, 0.29) is 5.92 Å². The molecule has 1 atom stereocenters. The zero-order chi connectivity index (χ0) is 14.2. The Morgan fingerprint density at radius 3 is 2.75 bits per heavy atom. The van der Waals surface area contributed by atoms with Gasteiger partial charge in [0.15, 0.2) is 4.34 Å². The van der Waals surface area contributed by atoms with Crippen LogP contribution in [0.3, 0.4) is 0 Å². The van der Waals surface area contributed by atoms with Crippen molar-refractivity contribution in [2.45, 2.75) is 54.9 Å². The van der Waals surface area contributed by atoms with Gasteiger partial charge >= 0.3 is 5.97 Å². The largest absolute Gasteiger partial charge is 0.480 e. The number of rotatable bonds is 8. The van der Waals surface area contributed by atoms with Crippen molar-refractivity contribution >= 4 is 29.3 Å². The number of thioether (sulfide) groups is 1. The smallest absolute Gasteiger partial charge is 0.325 e. The normalized spacial score (nSPS) is 21.6. The lowest BCUT2D eigenvalue weighted by atomic mass is 9.95. The van der Waals surface area contributed by atoms with E-state index in [2.05, 4.69) is 14.7 Å². The minimum absolute atomic E-state index is 0.270. The van der Waals surface area contributed by atoms with Crippen LogP contribution in [0.2, 0.25) is 0 Å². The van der Waals surface area contributed by atoms with E-state index in [1.807, 2.05) is 6.92 Å². The summed E-state index contributed by atoms with van der Waals surface area (Å²) in [7, 11) is 0. The molecular weight excluding hydrogens is 294 g/mol. The van der Waals surface area contributed by atoms with Gasteiger partial charge < -0.3 is 5.11 Å². The molecule has 0 aromatic carbocycles. The standard InChI is InChI=1S/C13H19N3O2S2/c1-2-10-14-12(20-16-10)19-7-13(11(17)18,8-3-4-8)15-9-5-6-9/h8-9,15H,2-7H2,1H3,(H,17,18). The Kier molecular flexibility index (Phi) is 4.01. The van der Waals surface area contributed by atoms with E-state index in [0.717, 1.165) is 42.3 Å². The second kappa shape index (κ2) is 5.61. The van der Waals surface area contributed by atoms with Crippen molar-refractivity contribution in [2.75, 3.05) is 5.75 Å². The molecule has 2 aliphatic rings. The lowest BCUT2D eigenvalue weighted by molar-refractivity contribution is -0.145. The predicted octanol–water partition coefficient (Wildman–Crippen LogP) is 2.18. The number of aromatic nitrogens is 2. The first kappa shape index (κ1) is 14.3. The van der Waals surface area contributed by atoms with Crippen LogP contribution < -0.4 is 5.32 Å². The summed E-state index contributed by atoms with van der Waals surface area (Å²) in [6.07, 6.45) is 5.06. The molecule has 2 N–H and O–H groups in total. The lowest BCUT2D eigenvalue weighted by Gasteiger charge is -2.30. The number of carbonyl (C=O) groups is 1. The summed E-state index contributed by atoms with van der Waals surface area (Å²) in [5.74, 6) is 0.952. The molecule has 20 heavy (non-hydrogen) atoms. The molecule has 3 rings (SSSR count). The molecule has 7 heteroatoms. The zero-order valence-electron chi connectivity index (χ0n) is 11.5. The van der Waals surface area contributed by atoms with Gasteiger partial charge in [-0.1, -0.05) is 18.7 Å². The Balaban J connectivity index is 1.70. The Morgan fingerprint density at radius 1 is 1.50 bits per heavy atom. The summed E-state index contributed by atoms with van der Waals surface area (Å²) in [6.45, 7) is 2.02. The first-order chi connectivity index (χ1) is 9.64. The molecule has 1 unspecified atom stereocenters. The highest BCUT2D eigenvalue weighted by molar-refractivity contribution is 8.01. The number of hydrogen-bond donors (Lipinski definition) is 2. The Hall–Kier alpha value is -0.660. The van der Waals surface area contributed by atoms with Gasteiger partial charge in [0.2, 0.25) is 0 Å². The SMILES string of the molecule is CCc1nsc(SCC(NC2CC2)(C(=O)O)C2CC2)n1. The number of hydrogen-bond acceptors (Lipinski definition) is 6. The fraction of sp³-hybridized carbons (Fsp3) is 0.769. The van der Waals surface area contributed by atoms with Crippen LogP contribution in [0.1, 0.15) is 38.4 Å². The number of nitrogens with zero attached hydrogens (tertiary/aromatic N) is 2. The van der Waals surface area contributed by atoms with Crippen molar-refractivity contribution < 1.29 is 9.90 Å². The molecular formula is C13H19N3O2S2. The molecule has 2 fully saturated rings. The van der Waals surface area contributed by atoms with Crippen LogP contribution in [0.4, 0.5) is 0 Å². The first-order valence-corrected chi connectivity index (χ1v) is 8.86. The topological polar surface area (TPSA) is 75.1 Å². The highest BCUT2D eigenvalue weighted by Crippen LogP contribution is 2.44. The number of carboxylic acids is 1. The van der Waals surface area contributed by atoms with Crippen LogP contribution in [0.5, 0.6) is 0 Å². The van der Waals surface area contributed by atoms with Crippen molar-refractivity contribution in [3.63, 3.8) is 0 Å². The van der Waals surface area contributed by atoms with Crippen LogP contribution >= 0.6 is 23.3 Å². The van der Waals surface area contributed by atoms with Crippen LogP contribution in [0, 0.1) is 5.92 Å². The molecule has 0 radical (unpaired) electrons. The highest BCUT2D eigenvalue weighted by atomic mass is 32.2. The van der Waals surface area contributed by atoms with Gasteiger partial charge in [-0.05, 0) is 43.1 Å². The lowest BCUT2D eigenvalue weighted by Crippen LogP contribution is -2.57. The van der Waals surface area contributed by atoms with Crippen molar-refractivity contribution in [3.05, 3.63) is 5.82 Å². The number of aryl methyl sites for hydroxylation is 1. The summed E-state index contributed by atoms with van der Waals surface area (Å²) < 4.78 is 5.14. The van der Waals surface area contributed by atoms with Crippen molar-refractivity contribution in [2.24, 2.45) is 5.92 Å². The molecule has 1 aromatic rings. The van der Waals surface area contributed by atoms with Crippen LogP contribution in [-0.4, -0.2) is 37.8 Å². The summed E-state index contributed by atoms with van der Waals surface area (Å²) in [6, 6.07) is 0.396. The average molecular weight is 313 g/mol. The molecule has 0 amide bonds. The van der Waals surface area contributed by atoms with Gasteiger partial charge in [0.1, 0.15) is 11.4 Å². The maximum absolute atomic E-state index is 11.8. The molecule has 0 saturated heterocycles. The fourth-order valence-corrected chi connectivity index (χ4v) is 4.32. The average Bonchev–Trinajstić information content (AvgIpc) is 3.34. The van der Waals surface area contributed by atoms with E-state index in [1.54, 1.807) is 0 Å². The Bertz CT molecular complexity index is 500. The third-order valence-electron chi connectivity index (χ3n) is 3.88. The van der Waals surface area contributed by atoms with Gasteiger partial charge in [-0.25, -0.2) is 4.98 Å². The number of carboxylic acid groups (broad SMARTS) is 1. The van der Waals surface area contributed by atoms with Gasteiger partial charge in [-0.15, -0.1) is 0 Å². The van der Waals surface area contributed by atoms with Crippen molar-refractivity contribution in [1.82, 2.24) is 14.7 Å². The molecule has 110 valence electrons. The molecule has 0 spiro atoms. The zero-order valence-corrected chi connectivity index (χ0v) is 13.1. The second-order valence-corrected chi connectivity index (χ2v) is 7.56. The van der Waals surface area contributed by atoms with Crippen LogP contribution in [0.15, 0.2) is 4.34 Å². The van der Waals surface area contributed by atoms with Crippen molar-refractivity contribution in [3.8, 4) is 0 Å². The summed E-state index contributed by atoms with van der Waals surface area (Å²) >= 11 is 2.91. The van der Waals surface area contributed by atoms with Gasteiger partial charge in [0.05, 0.1) is 0 Å². The molecule has 1 heterocycles. The van der Waals surface area contributed by atoms with Gasteiger partial charge in [0.25, 0.3) is 0 Å². The van der Waals surface area contributed by atoms with E-state index >= 15 is 0 Å². The highest BCUT2D eigenvalue weighted by Gasteiger charge is 2.53. The minimum atomic E-state index is -0.774. The molecule has 1 aromatic heterocycles. The third kappa shape index (κ3) is 2.99. The summed E-state index contributed by atoms with van der Waals surface area (Å²) in [5, 5.41) is 13.1. The summed E-state index contributed by atoms with van der Waals surface area (Å²) in [4.78, 5) is 16.3. The second-order valence-electron chi connectivity index (χ2n) is 5.59. The maximum Gasteiger partial charge on any atom is 0.325 e. The first-order valence-electron chi connectivity index (χ1n) is 7.10. The van der Waals surface area contributed by atoms with E-state index in [1.165, 1.54) is 23.3 Å². The van der Waals surface area contributed by atoms with Gasteiger partial charge in [0, 0.05) is 18.2 Å². The fourth-order valence-electron chi connectivity index (χ4n) is 2.36. The van der Waals surface area contributed by atoms with Gasteiger partial charge in [-0.2, -0.15) is 4.37 Å². The van der Waals surface area contributed by atoms with Gasteiger partial charge in [-0.3, -0.25) is 10.1 Å². The maximum atomic E-state index is 11.8. The molecule has 2 aliphatic carbocycles. The van der Waals surface area contributed by atoms with E-state index in [9.17, 15) is 9.90 Å². The third-order valence-corrected chi connectivity index (χ3v) is 5.95.